The highest BCUT2D eigenvalue weighted by atomic mass is 16.2. The molecule has 2 aromatic carbocycles. The molecule has 0 atom stereocenters. The molecule has 1 fully saturated rings. The number of piperidine rings is 1. The Morgan fingerprint density at radius 3 is 2.65 bits per heavy atom. The van der Waals surface area contributed by atoms with Gasteiger partial charge in [0.25, 0.3) is 0 Å². The van der Waals surface area contributed by atoms with Gasteiger partial charge in [0.05, 0.1) is 5.69 Å². The Labute approximate surface area is 184 Å². The number of benzene rings is 2. The summed E-state index contributed by atoms with van der Waals surface area (Å²) in [6.07, 6.45) is 5.06. The van der Waals surface area contributed by atoms with Gasteiger partial charge in [0.2, 0.25) is 5.95 Å². The number of hydrogen-bond donors (Lipinski definition) is 2. The molecule has 0 aliphatic carbocycles. The van der Waals surface area contributed by atoms with Crippen LogP contribution in [0.3, 0.4) is 0 Å². The van der Waals surface area contributed by atoms with Crippen molar-refractivity contribution in [2.45, 2.75) is 39.2 Å². The summed E-state index contributed by atoms with van der Waals surface area (Å²) in [4.78, 5) is 23.4. The maximum absolute atomic E-state index is 11.7. The number of anilines is 1. The van der Waals surface area contributed by atoms with Crippen molar-refractivity contribution in [2.75, 3.05) is 24.5 Å². The van der Waals surface area contributed by atoms with Gasteiger partial charge in [-0.05, 0) is 61.9 Å². The van der Waals surface area contributed by atoms with E-state index in [1.807, 2.05) is 26.1 Å². The predicted octanol–water partition coefficient (Wildman–Crippen LogP) is 4.61. The Morgan fingerprint density at radius 1 is 1.10 bits per heavy atom. The van der Waals surface area contributed by atoms with Crippen molar-refractivity contribution < 1.29 is 4.79 Å². The summed E-state index contributed by atoms with van der Waals surface area (Å²) in [5.41, 5.74) is 2.07. The third-order valence-electron chi connectivity index (χ3n) is 5.84. The quantitative estimate of drug-likeness (QED) is 0.614. The number of aromatic nitrogens is 2. The zero-order valence-electron chi connectivity index (χ0n) is 18.3. The summed E-state index contributed by atoms with van der Waals surface area (Å²) in [5, 5.41) is 8.27. The van der Waals surface area contributed by atoms with Crippen LogP contribution in [0.15, 0.2) is 54.7 Å². The van der Waals surface area contributed by atoms with E-state index in [1.54, 1.807) is 0 Å². The van der Waals surface area contributed by atoms with Crippen LogP contribution in [0, 0.1) is 5.92 Å². The van der Waals surface area contributed by atoms with Crippen molar-refractivity contribution in [3.63, 3.8) is 0 Å². The molecule has 0 spiro atoms. The summed E-state index contributed by atoms with van der Waals surface area (Å²) >= 11 is 0. The van der Waals surface area contributed by atoms with Crippen LogP contribution in [0.5, 0.6) is 0 Å². The molecular formula is C25H31N5O. The molecule has 1 aliphatic heterocycles. The Bertz CT molecular complexity index is 1030. The van der Waals surface area contributed by atoms with Gasteiger partial charge in [-0.1, -0.05) is 36.4 Å². The standard InChI is InChI=1S/C25H31N5O/c1-18(2)28-25(31)27-13-9-19-11-15-30(16-12-19)24-26-14-10-23(29-24)22-8-7-20-5-3-4-6-21(20)17-22/h3-8,10,14,17-19H,9,11-13,15-16H2,1-2H3,(H2,27,28,31). The topological polar surface area (TPSA) is 70.2 Å². The first-order valence-electron chi connectivity index (χ1n) is 11.2. The van der Waals surface area contributed by atoms with Crippen LogP contribution in [0.25, 0.3) is 22.0 Å². The monoisotopic (exact) mass is 417 g/mol. The summed E-state index contributed by atoms with van der Waals surface area (Å²) in [7, 11) is 0. The molecule has 6 heteroatoms. The molecule has 0 unspecified atom stereocenters. The van der Waals surface area contributed by atoms with Gasteiger partial charge in [0.15, 0.2) is 0 Å². The molecule has 2 heterocycles. The number of carbonyl (C=O) groups excluding carboxylic acids is 1. The van der Waals surface area contributed by atoms with E-state index in [0.29, 0.717) is 5.92 Å². The minimum absolute atomic E-state index is 0.0775. The lowest BCUT2D eigenvalue weighted by Gasteiger charge is -2.32. The Hall–Kier alpha value is -3.15. The van der Waals surface area contributed by atoms with Gasteiger partial charge in [-0.3, -0.25) is 0 Å². The lowest BCUT2D eigenvalue weighted by molar-refractivity contribution is 0.237. The van der Waals surface area contributed by atoms with Crippen LogP contribution in [-0.4, -0.2) is 41.7 Å². The van der Waals surface area contributed by atoms with E-state index >= 15 is 0 Å². The molecule has 4 rings (SSSR count). The van der Waals surface area contributed by atoms with E-state index in [1.165, 1.54) is 10.8 Å². The van der Waals surface area contributed by atoms with E-state index < -0.39 is 0 Å². The number of carbonyl (C=O) groups is 1. The number of hydrogen-bond acceptors (Lipinski definition) is 4. The second-order valence-electron chi connectivity index (χ2n) is 8.58. The van der Waals surface area contributed by atoms with E-state index in [-0.39, 0.29) is 12.1 Å². The Kier molecular flexibility index (Phi) is 6.65. The third-order valence-corrected chi connectivity index (χ3v) is 5.84. The number of urea groups is 1. The fourth-order valence-corrected chi connectivity index (χ4v) is 4.13. The average Bonchev–Trinajstić information content (AvgIpc) is 2.79. The van der Waals surface area contributed by atoms with Gasteiger partial charge < -0.3 is 15.5 Å². The fraction of sp³-hybridized carbons (Fsp3) is 0.400. The molecular weight excluding hydrogens is 386 g/mol. The Balaban J connectivity index is 1.33. The van der Waals surface area contributed by atoms with Gasteiger partial charge >= 0.3 is 6.03 Å². The molecule has 0 saturated carbocycles. The molecule has 1 aliphatic rings. The molecule has 2 N–H and O–H groups in total. The smallest absolute Gasteiger partial charge is 0.314 e. The molecule has 6 nitrogen and oxygen atoms in total. The molecule has 2 amide bonds. The molecule has 1 aromatic heterocycles. The van der Waals surface area contributed by atoms with E-state index in [2.05, 4.69) is 63.0 Å². The van der Waals surface area contributed by atoms with Gasteiger partial charge in [0.1, 0.15) is 0 Å². The number of nitrogens with one attached hydrogen (secondary N) is 2. The summed E-state index contributed by atoms with van der Waals surface area (Å²) in [6, 6.07) is 16.9. The lowest BCUT2D eigenvalue weighted by atomic mass is 9.94. The largest absolute Gasteiger partial charge is 0.341 e. The third kappa shape index (κ3) is 5.51. The first kappa shape index (κ1) is 21.1. The van der Waals surface area contributed by atoms with Gasteiger partial charge in [-0.25, -0.2) is 14.8 Å². The molecule has 31 heavy (non-hydrogen) atoms. The van der Waals surface area contributed by atoms with Crippen molar-refractivity contribution in [2.24, 2.45) is 5.92 Å². The van der Waals surface area contributed by atoms with Crippen LogP contribution < -0.4 is 15.5 Å². The predicted molar refractivity (Wildman–Crippen MR) is 126 cm³/mol. The molecule has 0 bridgehead atoms. The molecule has 3 aromatic rings. The summed E-state index contributed by atoms with van der Waals surface area (Å²) < 4.78 is 0. The van der Waals surface area contributed by atoms with Crippen molar-refractivity contribution in [1.82, 2.24) is 20.6 Å². The van der Waals surface area contributed by atoms with E-state index in [0.717, 1.165) is 56.1 Å². The number of amides is 2. The van der Waals surface area contributed by atoms with Crippen molar-refractivity contribution in [3.05, 3.63) is 54.7 Å². The van der Waals surface area contributed by atoms with Crippen LogP contribution in [0.2, 0.25) is 0 Å². The van der Waals surface area contributed by atoms with E-state index in [4.69, 9.17) is 4.98 Å². The first-order valence-corrected chi connectivity index (χ1v) is 11.2. The van der Waals surface area contributed by atoms with Gasteiger partial charge in [-0.15, -0.1) is 0 Å². The minimum atomic E-state index is -0.0775. The highest BCUT2D eigenvalue weighted by Gasteiger charge is 2.21. The highest BCUT2D eigenvalue weighted by molar-refractivity contribution is 5.86. The number of rotatable bonds is 6. The van der Waals surface area contributed by atoms with Crippen LogP contribution >= 0.6 is 0 Å². The summed E-state index contributed by atoms with van der Waals surface area (Å²) in [5.74, 6) is 1.43. The summed E-state index contributed by atoms with van der Waals surface area (Å²) in [6.45, 7) is 6.55. The zero-order valence-corrected chi connectivity index (χ0v) is 18.3. The van der Waals surface area contributed by atoms with Crippen molar-refractivity contribution in [1.29, 1.82) is 0 Å². The maximum Gasteiger partial charge on any atom is 0.314 e. The molecule has 0 radical (unpaired) electrons. The van der Waals surface area contributed by atoms with E-state index in [9.17, 15) is 4.79 Å². The maximum atomic E-state index is 11.7. The van der Waals surface area contributed by atoms with Crippen LogP contribution in [-0.2, 0) is 0 Å². The van der Waals surface area contributed by atoms with Gasteiger partial charge in [0, 0.05) is 37.4 Å². The first-order chi connectivity index (χ1) is 15.1. The highest BCUT2D eigenvalue weighted by Crippen LogP contribution is 2.26. The second-order valence-corrected chi connectivity index (χ2v) is 8.58. The minimum Gasteiger partial charge on any atom is -0.341 e. The van der Waals surface area contributed by atoms with Crippen LogP contribution in [0.4, 0.5) is 10.7 Å². The van der Waals surface area contributed by atoms with Crippen molar-refractivity contribution >= 4 is 22.8 Å². The molecule has 162 valence electrons. The second kappa shape index (κ2) is 9.77. The zero-order chi connectivity index (χ0) is 21.6. The fourth-order valence-electron chi connectivity index (χ4n) is 4.13. The SMILES string of the molecule is CC(C)NC(=O)NCCC1CCN(c2nccc(-c3ccc4ccccc4c3)n2)CC1. The van der Waals surface area contributed by atoms with Gasteiger partial charge in [-0.2, -0.15) is 0 Å². The average molecular weight is 418 g/mol. The number of nitrogens with zero attached hydrogens (tertiary/aromatic N) is 3. The molecule has 1 saturated heterocycles. The van der Waals surface area contributed by atoms with Crippen molar-refractivity contribution in [3.8, 4) is 11.3 Å². The Morgan fingerprint density at radius 2 is 1.87 bits per heavy atom. The normalized spacial score (nSPS) is 14.7. The number of fused-ring (bicyclic) bond motifs is 1. The van der Waals surface area contributed by atoms with Crippen LogP contribution in [0.1, 0.15) is 33.1 Å². The lowest BCUT2D eigenvalue weighted by Crippen LogP contribution is -2.41.